The Morgan fingerprint density at radius 3 is 0.750 bits per heavy atom. The molecule has 0 aliphatic heterocycles. The lowest BCUT2D eigenvalue weighted by molar-refractivity contribution is 0.407. The van der Waals surface area contributed by atoms with Gasteiger partial charge in [-0.05, 0) is 171 Å². The van der Waals surface area contributed by atoms with Gasteiger partial charge in [0, 0.05) is 11.1 Å². The summed E-state index contributed by atoms with van der Waals surface area (Å²) in [7, 11) is 3.62. The maximum Gasteiger partial charge on any atom is 0.130 e. The minimum absolute atomic E-state index is 0.948. The molecule has 0 aliphatic rings. The van der Waals surface area contributed by atoms with Crippen molar-refractivity contribution in [2.24, 2.45) is 0 Å². The first-order valence-corrected chi connectivity index (χ1v) is 13.0. The van der Waals surface area contributed by atoms with E-state index in [1.54, 1.807) is 0 Å². The molecule has 0 N–H and O–H groups in total. The summed E-state index contributed by atoms with van der Waals surface area (Å²) in [5.74, 6) is 1.90. The van der Waals surface area contributed by atoms with E-state index in [0.29, 0.717) is 0 Å². The largest absolute Gasteiger partial charge is 0.496 e. The molecule has 2 heteroatoms. The van der Waals surface area contributed by atoms with Gasteiger partial charge >= 0.3 is 0 Å². The van der Waals surface area contributed by atoms with E-state index in [1.807, 2.05) is 14.2 Å². The quantitative estimate of drug-likeness (QED) is 0.289. The first kappa shape index (κ1) is 26.1. The fourth-order valence-corrected chi connectivity index (χ4v) is 6.49. The van der Waals surface area contributed by atoms with Crippen LogP contribution in [0.2, 0.25) is 0 Å². The zero-order valence-electron chi connectivity index (χ0n) is 24.8. The van der Waals surface area contributed by atoms with E-state index in [4.69, 9.17) is 9.47 Å². The molecule has 2 nitrogen and oxygen atoms in total. The van der Waals surface area contributed by atoms with E-state index in [2.05, 4.69) is 83.1 Å². The minimum Gasteiger partial charge on any atom is -0.496 e. The number of ether oxygens (including phenoxy) is 2. The average Bonchev–Trinajstić information content (AvgIpc) is 2.86. The van der Waals surface area contributed by atoms with Gasteiger partial charge in [-0.2, -0.15) is 0 Å². The normalized spacial score (nSPS) is 11.6. The zero-order chi connectivity index (χ0) is 27.0. The molecule has 0 aromatic heterocycles. The second-order valence-corrected chi connectivity index (χ2v) is 10.8. The van der Waals surface area contributed by atoms with Crippen LogP contribution in [-0.2, 0) is 0 Å². The number of hydrogen-bond donors (Lipinski definition) is 0. The first-order valence-electron chi connectivity index (χ1n) is 13.0. The van der Waals surface area contributed by atoms with Gasteiger partial charge in [-0.15, -0.1) is 0 Å². The van der Waals surface area contributed by atoms with Crippen molar-refractivity contribution in [2.75, 3.05) is 14.2 Å². The smallest absolute Gasteiger partial charge is 0.130 e. The highest BCUT2D eigenvalue weighted by atomic mass is 16.5. The SMILES string of the molecule is COc1c(C)c(C)c2c(C)c(C)c(C)c(C)c2c1-c1c(OC)c(C)c(C)c2c(C)c(C)c(C)c(C)c12. The van der Waals surface area contributed by atoms with Crippen LogP contribution in [0.5, 0.6) is 11.5 Å². The fourth-order valence-electron chi connectivity index (χ4n) is 6.49. The summed E-state index contributed by atoms with van der Waals surface area (Å²) in [6.45, 7) is 27.0. The Labute approximate surface area is 217 Å². The number of aryl methyl sites for hydroxylation is 6. The third-order valence-corrected chi connectivity index (χ3v) is 9.54. The predicted octanol–water partition coefficient (Wildman–Crippen LogP) is 9.38. The van der Waals surface area contributed by atoms with Crippen LogP contribution >= 0.6 is 0 Å². The summed E-state index contributed by atoms with van der Waals surface area (Å²) in [6, 6.07) is 0. The summed E-state index contributed by atoms with van der Waals surface area (Å²) < 4.78 is 12.5. The third kappa shape index (κ3) is 3.23. The van der Waals surface area contributed by atoms with Crippen molar-refractivity contribution in [3.63, 3.8) is 0 Å². The van der Waals surface area contributed by atoms with E-state index in [0.717, 1.165) is 22.6 Å². The molecule has 4 aromatic rings. The lowest BCUT2D eigenvalue weighted by atomic mass is 9.78. The van der Waals surface area contributed by atoms with Crippen LogP contribution in [0.4, 0.5) is 0 Å². The Morgan fingerprint density at radius 1 is 0.278 bits per heavy atom. The van der Waals surface area contributed by atoms with Crippen LogP contribution < -0.4 is 9.47 Å². The summed E-state index contributed by atoms with van der Waals surface area (Å²) in [5.41, 5.74) is 18.1. The van der Waals surface area contributed by atoms with Crippen molar-refractivity contribution >= 4 is 21.5 Å². The molecule has 0 heterocycles. The number of rotatable bonds is 3. The minimum atomic E-state index is 0.948. The van der Waals surface area contributed by atoms with Gasteiger partial charge in [0.15, 0.2) is 0 Å². The predicted molar refractivity (Wildman–Crippen MR) is 157 cm³/mol. The fraction of sp³-hybridized carbons (Fsp3) is 0.412. The molecule has 0 unspecified atom stereocenters. The van der Waals surface area contributed by atoms with Crippen LogP contribution in [0.25, 0.3) is 32.7 Å². The molecule has 0 saturated heterocycles. The Bertz CT molecular complexity index is 1480. The summed E-state index contributed by atoms with van der Waals surface area (Å²) in [5, 5.41) is 5.26. The van der Waals surface area contributed by atoms with Crippen molar-refractivity contribution in [3.05, 3.63) is 66.8 Å². The monoisotopic (exact) mass is 482 g/mol. The van der Waals surface area contributed by atoms with Crippen LogP contribution in [0.15, 0.2) is 0 Å². The second-order valence-electron chi connectivity index (χ2n) is 10.8. The van der Waals surface area contributed by atoms with Gasteiger partial charge < -0.3 is 9.47 Å². The third-order valence-electron chi connectivity index (χ3n) is 9.54. The van der Waals surface area contributed by atoms with Gasteiger partial charge in [-0.3, -0.25) is 0 Å². The van der Waals surface area contributed by atoms with Crippen molar-refractivity contribution < 1.29 is 9.47 Å². The van der Waals surface area contributed by atoms with Gasteiger partial charge in [0.05, 0.1) is 14.2 Å². The molecule has 4 aromatic carbocycles. The molecule has 0 fully saturated rings. The first-order chi connectivity index (χ1) is 16.8. The van der Waals surface area contributed by atoms with Gasteiger partial charge in [0.1, 0.15) is 11.5 Å². The van der Waals surface area contributed by atoms with Crippen molar-refractivity contribution in [1.82, 2.24) is 0 Å². The molecular formula is C34H42O2. The number of methoxy groups -OCH3 is 2. The van der Waals surface area contributed by atoms with E-state index in [1.165, 1.54) is 88.3 Å². The maximum atomic E-state index is 6.27. The average molecular weight is 483 g/mol. The second kappa shape index (κ2) is 8.83. The molecule has 0 spiro atoms. The lowest BCUT2D eigenvalue weighted by Crippen LogP contribution is -2.06. The molecule has 0 saturated carbocycles. The molecule has 190 valence electrons. The van der Waals surface area contributed by atoms with Crippen LogP contribution in [-0.4, -0.2) is 14.2 Å². The van der Waals surface area contributed by atoms with Crippen LogP contribution in [0.1, 0.15) is 66.8 Å². The Balaban J connectivity index is 2.52. The Morgan fingerprint density at radius 2 is 0.500 bits per heavy atom. The summed E-state index contributed by atoms with van der Waals surface area (Å²) in [6.07, 6.45) is 0. The molecule has 0 amide bonds. The Hall–Kier alpha value is -3.00. The van der Waals surface area contributed by atoms with Gasteiger partial charge in [0.2, 0.25) is 0 Å². The lowest BCUT2D eigenvalue weighted by Gasteiger charge is -2.28. The molecule has 0 bridgehead atoms. The van der Waals surface area contributed by atoms with Gasteiger partial charge in [-0.25, -0.2) is 0 Å². The van der Waals surface area contributed by atoms with Crippen LogP contribution in [0, 0.1) is 83.1 Å². The number of fused-ring (bicyclic) bond motifs is 2. The van der Waals surface area contributed by atoms with Gasteiger partial charge in [-0.1, -0.05) is 0 Å². The van der Waals surface area contributed by atoms with Crippen LogP contribution in [0.3, 0.4) is 0 Å². The van der Waals surface area contributed by atoms with E-state index >= 15 is 0 Å². The molecule has 0 aliphatic carbocycles. The van der Waals surface area contributed by atoms with Crippen molar-refractivity contribution in [2.45, 2.75) is 83.1 Å². The van der Waals surface area contributed by atoms with Gasteiger partial charge in [0.25, 0.3) is 0 Å². The van der Waals surface area contributed by atoms with E-state index < -0.39 is 0 Å². The maximum absolute atomic E-state index is 6.27. The zero-order valence-corrected chi connectivity index (χ0v) is 24.8. The summed E-state index contributed by atoms with van der Waals surface area (Å²) in [4.78, 5) is 0. The molecular weight excluding hydrogens is 440 g/mol. The van der Waals surface area contributed by atoms with E-state index in [-0.39, 0.29) is 0 Å². The highest BCUT2D eigenvalue weighted by Gasteiger charge is 2.29. The highest BCUT2D eigenvalue weighted by Crippen LogP contribution is 2.53. The Kier molecular flexibility index (Phi) is 6.40. The van der Waals surface area contributed by atoms with Crippen molar-refractivity contribution in [1.29, 1.82) is 0 Å². The number of hydrogen-bond acceptors (Lipinski definition) is 2. The summed E-state index contributed by atoms with van der Waals surface area (Å²) >= 11 is 0. The standard InChI is InChI=1S/C34H42O2/c1-15-17(3)21(7)29-27(19(15)5)23(9)25(11)33(35-13)31(29)32-30-22(8)18(4)16(2)20(6)28(30)24(10)26(12)34(32)36-14/h1-14H3. The molecule has 36 heavy (non-hydrogen) atoms. The highest BCUT2D eigenvalue weighted by molar-refractivity contribution is 6.16. The molecule has 4 rings (SSSR count). The van der Waals surface area contributed by atoms with E-state index in [9.17, 15) is 0 Å². The topological polar surface area (TPSA) is 18.5 Å². The molecule has 0 atom stereocenters. The molecule has 0 radical (unpaired) electrons. The number of benzene rings is 4. The van der Waals surface area contributed by atoms with Crippen molar-refractivity contribution in [3.8, 4) is 22.6 Å².